The van der Waals surface area contributed by atoms with Crippen molar-refractivity contribution in [2.24, 2.45) is 0 Å². The average molecular weight is 351 g/mol. The van der Waals surface area contributed by atoms with Gasteiger partial charge in [-0.05, 0) is 47.4 Å². The number of oxazole rings is 1. The molecule has 2 N–H and O–H groups in total. The van der Waals surface area contributed by atoms with Gasteiger partial charge in [-0.1, -0.05) is 32.9 Å². The Bertz CT molecular complexity index is 920. The third-order valence-corrected chi connectivity index (χ3v) is 4.09. The summed E-state index contributed by atoms with van der Waals surface area (Å²) in [5.74, 6) is -0.777. The highest BCUT2D eigenvalue weighted by Gasteiger charge is 2.22. The number of carboxylic acid groups (broad SMARTS) is 1. The Morgan fingerprint density at radius 2 is 1.62 bits per heavy atom. The van der Waals surface area contributed by atoms with Crippen molar-refractivity contribution >= 4 is 11.7 Å². The lowest BCUT2D eigenvalue weighted by molar-refractivity contribution is 0.0691. The SMILES string of the molecule is CC(C)(C)c1ccc(-c2nc(C(=O)O)c(-c3ccc(N[O-])cc3)o2)cc1. The van der Waals surface area contributed by atoms with Crippen molar-refractivity contribution in [3.05, 3.63) is 65.0 Å². The summed E-state index contributed by atoms with van der Waals surface area (Å²) in [4.78, 5) is 15.7. The first-order valence-electron chi connectivity index (χ1n) is 8.13. The van der Waals surface area contributed by atoms with Crippen LogP contribution in [0.25, 0.3) is 22.8 Å². The van der Waals surface area contributed by atoms with Gasteiger partial charge in [0.1, 0.15) is 0 Å². The number of rotatable bonds is 4. The summed E-state index contributed by atoms with van der Waals surface area (Å²) in [5, 5.41) is 20.1. The summed E-state index contributed by atoms with van der Waals surface area (Å²) in [7, 11) is 0. The van der Waals surface area contributed by atoms with Crippen LogP contribution in [0.3, 0.4) is 0 Å². The summed E-state index contributed by atoms with van der Waals surface area (Å²) < 4.78 is 5.76. The smallest absolute Gasteiger partial charge is 0.358 e. The van der Waals surface area contributed by atoms with Gasteiger partial charge in [-0.2, -0.15) is 0 Å². The molecule has 134 valence electrons. The van der Waals surface area contributed by atoms with E-state index in [1.807, 2.05) is 24.3 Å². The van der Waals surface area contributed by atoms with Crippen molar-refractivity contribution < 1.29 is 14.3 Å². The maximum absolute atomic E-state index is 11.6. The maximum Gasteiger partial charge on any atom is 0.358 e. The van der Waals surface area contributed by atoms with Crippen LogP contribution in [0.5, 0.6) is 0 Å². The van der Waals surface area contributed by atoms with Gasteiger partial charge in [0.15, 0.2) is 11.5 Å². The first-order valence-corrected chi connectivity index (χ1v) is 8.13. The van der Waals surface area contributed by atoms with Gasteiger partial charge in [0.05, 0.1) is 0 Å². The third kappa shape index (κ3) is 3.45. The molecule has 3 rings (SSSR count). The Balaban J connectivity index is 2.03. The minimum atomic E-state index is -1.17. The summed E-state index contributed by atoms with van der Waals surface area (Å²) in [6, 6.07) is 14.0. The number of hydrogen-bond donors (Lipinski definition) is 2. The molecule has 0 aliphatic rings. The van der Waals surface area contributed by atoms with E-state index in [4.69, 9.17) is 4.42 Å². The number of carbonyl (C=O) groups is 1. The number of carboxylic acids is 1. The third-order valence-electron chi connectivity index (χ3n) is 4.09. The number of aromatic carboxylic acids is 1. The zero-order valence-corrected chi connectivity index (χ0v) is 14.7. The molecule has 0 atom stereocenters. The van der Waals surface area contributed by atoms with Crippen molar-refractivity contribution in [2.75, 3.05) is 5.48 Å². The van der Waals surface area contributed by atoms with Gasteiger partial charge in [-0.15, -0.1) is 0 Å². The normalized spacial score (nSPS) is 11.4. The molecule has 3 aromatic rings. The molecule has 0 bridgehead atoms. The van der Waals surface area contributed by atoms with E-state index >= 15 is 0 Å². The monoisotopic (exact) mass is 351 g/mol. The first kappa shape index (κ1) is 17.7. The van der Waals surface area contributed by atoms with Gasteiger partial charge >= 0.3 is 5.97 Å². The Morgan fingerprint density at radius 3 is 2.12 bits per heavy atom. The topological polar surface area (TPSA) is 98.4 Å². The van der Waals surface area contributed by atoms with Crippen molar-refractivity contribution in [1.82, 2.24) is 4.98 Å². The van der Waals surface area contributed by atoms with Gasteiger partial charge < -0.3 is 20.2 Å². The van der Waals surface area contributed by atoms with Gasteiger partial charge in [0.25, 0.3) is 0 Å². The predicted octanol–water partition coefficient (Wildman–Crippen LogP) is 4.91. The van der Waals surface area contributed by atoms with Crippen LogP contribution in [0.2, 0.25) is 0 Å². The fourth-order valence-electron chi connectivity index (χ4n) is 2.59. The van der Waals surface area contributed by atoms with Gasteiger partial charge in [-0.25, -0.2) is 9.78 Å². The molecule has 0 aliphatic carbocycles. The van der Waals surface area contributed by atoms with E-state index in [0.717, 1.165) is 5.56 Å². The summed E-state index contributed by atoms with van der Waals surface area (Å²) in [6.07, 6.45) is 0. The number of nitrogens with zero attached hydrogens (tertiary/aromatic N) is 1. The van der Waals surface area contributed by atoms with E-state index in [-0.39, 0.29) is 22.8 Å². The fraction of sp³-hybridized carbons (Fsp3) is 0.200. The lowest BCUT2D eigenvalue weighted by atomic mass is 9.87. The van der Waals surface area contributed by atoms with Crippen LogP contribution in [-0.4, -0.2) is 16.1 Å². The van der Waals surface area contributed by atoms with Crippen LogP contribution in [0.1, 0.15) is 36.8 Å². The lowest BCUT2D eigenvalue weighted by Gasteiger charge is -2.18. The molecule has 1 aromatic heterocycles. The number of hydrogen-bond acceptors (Lipinski definition) is 5. The fourth-order valence-corrected chi connectivity index (χ4v) is 2.59. The maximum atomic E-state index is 11.6. The number of nitrogens with one attached hydrogen (secondary N) is 1. The highest BCUT2D eigenvalue weighted by molar-refractivity contribution is 5.93. The van der Waals surface area contributed by atoms with E-state index in [1.54, 1.807) is 29.7 Å². The second-order valence-corrected chi connectivity index (χ2v) is 7.01. The number of aromatic nitrogens is 1. The quantitative estimate of drug-likeness (QED) is 0.648. The molecular formula is C20H19N2O4-. The van der Waals surface area contributed by atoms with Crippen LogP contribution in [0.15, 0.2) is 52.9 Å². The minimum absolute atomic E-state index is 0.0177. The number of benzene rings is 2. The minimum Gasteiger partial charge on any atom is -0.761 e. The standard InChI is InChI=1S/C20H19N2O4/c1-20(2,3)14-8-4-13(5-9-14)18-21-16(19(23)24)17(26-18)12-6-10-15(22-25)11-7-12/h4-11,22H,1-3H3,(H,23,24)/q-1. The zero-order valence-electron chi connectivity index (χ0n) is 14.7. The molecule has 0 amide bonds. The van der Waals surface area contributed by atoms with Crippen LogP contribution < -0.4 is 5.48 Å². The highest BCUT2D eigenvalue weighted by atomic mass is 16.5. The molecular weight excluding hydrogens is 332 g/mol. The Hall–Kier alpha value is -3.12. The molecule has 0 unspecified atom stereocenters. The molecule has 0 aliphatic heterocycles. The van der Waals surface area contributed by atoms with E-state index in [0.29, 0.717) is 16.8 Å². The molecule has 1 heterocycles. The first-order chi connectivity index (χ1) is 12.3. The lowest BCUT2D eigenvalue weighted by Crippen LogP contribution is -2.10. The van der Waals surface area contributed by atoms with Gasteiger partial charge in [-0.3, -0.25) is 0 Å². The molecule has 0 radical (unpaired) electrons. The Labute approximate surface area is 151 Å². The summed E-state index contributed by atoms with van der Waals surface area (Å²) >= 11 is 0. The molecule has 0 spiro atoms. The Kier molecular flexibility index (Phi) is 4.52. The molecule has 6 nitrogen and oxygen atoms in total. The second kappa shape index (κ2) is 6.65. The van der Waals surface area contributed by atoms with Crippen molar-refractivity contribution in [1.29, 1.82) is 0 Å². The second-order valence-electron chi connectivity index (χ2n) is 7.01. The molecule has 26 heavy (non-hydrogen) atoms. The predicted molar refractivity (Wildman–Crippen MR) is 100 cm³/mol. The largest absolute Gasteiger partial charge is 0.761 e. The van der Waals surface area contributed by atoms with E-state index in [1.165, 1.54) is 0 Å². The van der Waals surface area contributed by atoms with Gasteiger partial charge in [0.2, 0.25) is 5.89 Å². The van der Waals surface area contributed by atoms with Gasteiger partial charge in [0, 0.05) is 16.8 Å². The average Bonchev–Trinajstić information content (AvgIpc) is 3.07. The summed E-state index contributed by atoms with van der Waals surface area (Å²) in [5.41, 5.74) is 4.40. The molecule has 0 saturated heterocycles. The Morgan fingerprint density at radius 1 is 1.04 bits per heavy atom. The van der Waals surface area contributed by atoms with Crippen LogP contribution in [0, 0.1) is 5.21 Å². The zero-order chi connectivity index (χ0) is 18.9. The molecule has 0 saturated carbocycles. The van der Waals surface area contributed by atoms with E-state index < -0.39 is 5.97 Å². The van der Waals surface area contributed by atoms with Crippen LogP contribution in [-0.2, 0) is 5.41 Å². The van der Waals surface area contributed by atoms with Crippen LogP contribution >= 0.6 is 0 Å². The molecule has 0 fully saturated rings. The summed E-state index contributed by atoms with van der Waals surface area (Å²) in [6.45, 7) is 6.36. The number of anilines is 1. The van der Waals surface area contributed by atoms with Crippen molar-refractivity contribution in [2.45, 2.75) is 26.2 Å². The van der Waals surface area contributed by atoms with Crippen LogP contribution in [0.4, 0.5) is 5.69 Å². The van der Waals surface area contributed by atoms with Crippen molar-refractivity contribution in [3.8, 4) is 22.8 Å². The van der Waals surface area contributed by atoms with Crippen molar-refractivity contribution in [3.63, 3.8) is 0 Å². The van der Waals surface area contributed by atoms with E-state index in [9.17, 15) is 15.1 Å². The van der Waals surface area contributed by atoms with E-state index in [2.05, 4.69) is 25.8 Å². The molecule has 2 aromatic carbocycles. The molecule has 6 heteroatoms. The highest BCUT2D eigenvalue weighted by Crippen LogP contribution is 2.32.